The molecule has 0 unspecified atom stereocenters. The molecule has 0 radical (unpaired) electrons. The van der Waals surface area contributed by atoms with Crippen LogP contribution in [0.2, 0.25) is 0 Å². The Morgan fingerprint density at radius 3 is 2.72 bits per heavy atom. The van der Waals surface area contributed by atoms with Crippen LogP contribution in [0, 0.1) is 12.7 Å². The summed E-state index contributed by atoms with van der Waals surface area (Å²) in [5.74, 6) is -1.05. The van der Waals surface area contributed by atoms with Gasteiger partial charge in [-0.25, -0.2) is 9.37 Å². The van der Waals surface area contributed by atoms with Gasteiger partial charge in [-0.3, -0.25) is 9.59 Å². The number of carbonyl (C=O) groups is 2. The number of aromatic nitrogens is 1. The van der Waals surface area contributed by atoms with Crippen molar-refractivity contribution in [3.63, 3.8) is 0 Å². The highest BCUT2D eigenvalue weighted by Gasteiger charge is 2.46. The zero-order chi connectivity index (χ0) is 22.7. The summed E-state index contributed by atoms with van der Waals surface area (Å²) >= 11 is 0. The second-order valence-electron chi connectivity index (χ2n) is 8.04. The molecule has 2 atom stereocenters. The maximum Gasteiger partial charge on any atom is 0.275 e. The number of aliphatic hydroxyl groups is 1. The van der Waals surface area contributed by atoms with Crippen molar-refractivity contribution in [2.75, 3.05) is 13.1 Å². The number of rotatable bonds is 5. The molecule has 1 aliphatic rings. The number of piperidine rings is 1. The molecule has 2 N–H and O–H groups in total. The van der Waals surface area contributed by atoms with Crippen molar-refractivity contribution in [3.8, 4) is 0 Å². The molecule has 1 aliphatic heterocycles. The van der Waals surface area contributed by atoms with Gasteiger partial charge in [0.05, 0.1) is 18.1 Å². The highest BCUT2D eigenvalue weighted by atomic mass is 19.1. The van der Waals surface area contributed by atoms with E-state index in [4.69, 9.17) is 4.42 Å². The third-order valence-corrected chi connectivity index (χ3v) is 5.93. The van der Waals surface area contributed by atoms with Crippen molar-refractivity contribution in [2.24, 2.45) is 0 Å². The fourth-order valence-electron chi connectivity index (χ4n) is 4.11. The number of benzene rings is 2. The predicted octanol–water partition coefficient (Wildman–Crippen LogP) is 2.58. The summed E-state index contributed by atoms with van der Waals surface area (Å²) in [6.07, 6.45) is 1.65. The van der Waals surface area contributed by atoms with Crippen LogP contribution in [-0.4, -0.2) is 46.0 Å². The van der Waals surface area contributed by atoms with E-state index in [-0.39, 0.29) is 36.3 Å². The Bertz CT molecular complexity index is 1100. The molecule has 0 aliphatic carbocycles. The first kappa shape index (κ1) is 21.7. The fraction of sp³-hybridized carbons (Fsp3) is 0.292. The van der Waals surface area contributed by atoms with Gasteiger partial charge in [0.25, 0.3) is 5.91 Å². The van der Waals surface area contributed by atoms with Gasteiger partial charge in [-0.15, -0.1) is 0 Å². The molecule has 2 heterocycles. The van der Waals surface area contributed by atoms with Crippen LogP contribution < -0.4 is 5.32 Å². The lowest BCUT2D eigenvalue weighted by Gasteiger charge is -2.46. The van der Waals surface area contributed by atoms with Gasteiger partial charge in [0.15, 0.2) is 12.1 Å². The summed E-state index contributed by atoms with van der Waals surface area (Å²) in [7, 11) is 0. The molecule has 2 aromatic carbocycles. The second kappa shape index (κ2) is 8.92. The van der Waals surface area contributed by atoms with E-state index >= 15 is 0 Å². The van der Waals surface area contributed by atoms with E-state index in [0.29, 0.717) is 24.1 Å². The smallest absolute Gasteiger partial charge is 0.275 e. The summed E-state index contributed by atoms with van der Waals surface area (Å²) in [5.41, 5.74) is 0.873. The minimum atomic E-state index is -1.08. The van der Waals surface area contributed by atoms with Crippen molar-refractivity contribution in [3.05, 3.63) is 89.4 Å². The number of carbonyl (C=O) groups excluding carboxylic acids is 2. The van der Waals surface area contributed by atoms with Crippen molar-refractivity contribution in [1.29, 1.82) is 0 Å². The molecule has 1 saturated heterocycles. The predicted molar refractivity (Wildman–Crippen MR) is 114 cm³/mol. The van der Waals surface area contributed by atoms with Gasteiger partial charge in [-0.1, -0.05) is 42.5 Å². The molecular formula is C24H24FN3O4. The van der Waals surface area contributed by atoms with Gasteiger partial charge >= 0.3 is 0 Å². The van der Waals surface area contributed by atoms with Crippen LogP contribution in [0.4, 0.5) is 4.39 Å². The number of aliphatic hydroxyl groups excluding tert-OH is 1. The van der Waals surface area contributed by atoms with Crippen LogP contribution in [0.5, 0.6) is 0 Å². The highest BCUT2D eigenvalue weighted by molar-refractivity contribution is 5.92. The zero-order valence-electron chi connectivity index (χ0n) is 17.6. The molecular weight excluding hydrogens is 413 g/mol. The summed E-state index contributed by atoms with van der Waals surface area (Å²) < 4.78 is 18.8. The van der Waals surface area contributed by atoms with Crippen molar-refractivity contribution in [1.82, 2.24) is 15.2 Å². The number of likely N-dealkylation sites (tertiary alicyclic amines) is 1. The van der Waals surface area contributed by atoms with Gasteiger partial charge in [0.1, 0.15) is 12.1 Å². The topological polar surface area (TPSA) is 95.7 Å². The number of aryl methyl sites for hydroxylation is 1. The molecule has 1 fully saturated rings. The molecule has 166 valence electrons. The zero-order valence-corrected chi connectivity index (χ0v) is 17.6. The van der Waals surface area contributed by atoms with E-state index in [0.717, 1.165) is 5.56 Å². The van der Waals surface area contributed by atoms with E-state index in [1.807, 2.05) is 30.3 Å². The fourth-order valence-corrected chi connectivity index (χ4v) is 4.11. The Balaban J connectivity index is 1.56. The number of hydrogen-bond donors (Lipinski definition) is 2. The summed E-state index contributed by atoms with van der Waals surface area (Å²) in [6, 6.07) is 13.9. The quantitative estimate of drug-likeness (QED) is 0.640. The third kappa shape index (κ3) is 4.27. The first-order valence-electron chi connectivity index (χ1n) is 10.4. The van der Waals surface area contributed by atoms with E-state index in [9.17, 15) is 19.1 Å². The average Bonchev–Trinajstić information content (AvgIpc) is 3.33. The molecule has 0 saturated carbocycles. The Hall–Kier alpha value is -3.52. The average molecular weight is 437 g/mol. The lowest BCUT2D eigenvalue weighted by Crippen LogP contribution is -2.62. The van der Waals surface area contributed by atoms with Crippen LogP contribution in [0.25, 0.3) is 0 Å². The monoisotopic (exact) mass is 437 g/mol. The molecule has 4 rings (SSSR count). The number of nitrogens with zero attached hydrogens (tertiary/aromatic N) is 2. The molecule has 7 nitrogen and oxygen atoms in total. The SMILES string of the molecule is Cc1ccc(CC(=O)N[C@]2(c3ccccc3)CCN(C(=O)c3cocn3)C[C@H]2O)cc1F. The minimum absolute atomic E-state index is 0.0139. The summed E-state index contributed by atoms with van der Waals surface area (Å²) in [5, 5.41) is 14.2. The number of halogens is 1. The maximum atomic E-state index is 13.9. The molecule has 3 aromatic rings. The van der Waals surface area contributed by atoms with Crippen LogP contribution in [0.1, 0.15) is 33.6 Å². The largest absolute Gasteiger partial charge is 0.451 e. The van der Waals surface area contributed by atoms with Crippen LogP contribution >= 0.6 is 0 Å². The Labute approximate surface area is 184 Å². The second-order valence-corrected chi connectivity index (χ2v) is 8.04. The van der Waals surface area contributed by atoms with Gasteiger partial charge in [0, 0.05) is 13.1 Å². The summed E-state index contributed by atoms with van der Waals surface area (Å²) in [6.45, 7) is 1.98. The van der Waals surface area contributed by atoms with E-state index < -0.39 is 11.6 Å². The van der Waals surface area contributed by atoms with Gasteiger partial charge < -0.3 is 19.7 Å². The van der Waals surface area contributed by atoms with Crippen molar-refractivity contribution in [2.45, 2.75) is 31.4 Å². The minimum Gasteiger partial charge on any atom is -0.451 e. The van der Waals surface area contributed by atoms with Gasteiger partial charge in [-0.2, -0.15) is 0 Å². The summed E-state index contributed by atoms with van der Waals surface area (Å²) in [4.78, 5) is 31.0. The number of nitrogens with one attached hydrogen (secondary N) is 1. The van der Waals surface area contributed by atoms with Gasteiger partial charge in [0.2, 0.25) is 5.91 Å². The number of oxazole rings is 1. The first-order chi connectivity index (χ1) is 15.4. The van der Waals surface area contributed by atoms with E-state index in [1.54, 1.807) is 19.1 Å². The van der Waals surface area contributed by atoms with Crippen molar-refractivity contribution < 1.29 is 23.5 Å². The number of amides is 2. The Morgan fingerprint density at radius 1 is 1.28 bits per heavy atom. The van der Waals surface area contributed by atoms with Crippen LogP contribution in [-0.2, 0) is 16.8 Å². The molecule has 0 bridgehead atoms. The molecule has 2 amide bonds. The van der Waals surface area contributed by atoms with Crippen molar-refractivity contribution >= 4 is 11.8 Å². The maximum absolute atomic E-state index is 13.9. The van der Waals surface area contributed by atoms with Crippen LogP contribution in [0.3, 0.4) is 0 Å². The van der Waals surface area contributed by atoms with Gasteiger partial charge in [-0.05, 0) is 36.1 Å². The Morgan fingerprint density at radius 2 is 2.06 bits per heavy atom. The molecule has 8 heteroatoms. The van der Waals surface area contributed by atoms with E-state index in [2.05, 4.69) is 10.3 Å². The standard InChI is InChI=1S/C24H24FN3O4/c1-16-7-8-17(11-19(16)25)12-22(30)27-24(18-5-3-2-4-6-18)9-10-28(13-21(24)29)23(31)20-14-32-15-26-20/h2-8,11,14-15,21,29H,9-10,12-13H2,1H3,(H,27,30)/t21-,24+/m1/s1. The molecule has 0 spiro atoms. The highest BCUT2D eigenvalue weighted by Crippen LogP contribution is 2.34. The molecule has 1 aromatic heterocycles. The lowest BCUT2D eigenvalue weighted by atomic mass is 9.78. The first-order valence-corrected chi connectivity index (χ1v) is 10.4. The Kier molecular flexibility index (Phi) is 6.05. The third-order valence-electron chi connectivity index (χ3n) is 5.93. The van der Waals surface area contributed by atoms with Crippen LogP contribution in [0.15, 0.2) is 65.6 Å². The normalized spacial score (nSPS) is 20.7. The molecule has 32 heavy (non-hydrogen) atoms. The lowest BCUT2D eigenvalue weighted by molar-refractivity contribution is -0.126. The number of hydrogen-bond acceptors (Lipinski definition) is 5. The van der Waals surface area contributed by atoms with E-state index in [1.165, 1.54) is 23.6 Å². The number of β-amino-alcohol motifs (C(OH)–C–C–N with tert-alkyl or cyclic N) is 1.